The molecule has 0 radical (unpaired) electrons. The molecule has 12 nitrogen and oxygen atoms in total. The highest BCUT2D eigenvalue weighted by atomic mass is 79.9. The third-order valence-corrected chi connectivity index (χ3v) is 7.13. The van der Waals surface area contributed by atoms with Crippen molar-refractivity contribution in [1.82, 2.24) is 30.2 Å². The molecule has 5 rings (SSSR count). The Bertz CT molecular complexity index is 1830. The second-order valence-electron chi connectivity index (χ2n) is 9.27. The van der Waals surface area contributed by atoms with Crippen molar-refractivity contribution in [3.05, 3.63) is 87.9 Å². The highest BCUT2D eigenvalue weighted by molar-refractivity contribution is 9.10. The van der Waals surface area contributed by atoms with Crippen molar-refractivity contribution >= 4 is 61.7 Å². The number of hydrogen-bond donors (Lipinski definition) is 4. The molecule has 3 aromatic carbocycles. The van der Waals surface area contributed by atoms with Gasteiger partial charge in [0.2, 0.25) is 0 Å². The Labute approximate surface area is 247 Å². The van der Waals surface area contributed by atoms with E-state index >= 15 is 0 Å². The van der Waals surface area contributed by atoms with Crippen molar-refractivity contribution in [2.24, 2.45) is 0 Å². The van der Waals surface area contributed by atoms with Gasteiger partial charge in [-0.3, -0.25) is 14.4 Å². The predicted molar refractivity (Wildman–Crippen MR) is 156 cm³/mol. The number of nitrogens with zero attached hydrogens (tertiary/aromatic N) is 3. The summed E-state index contributed by atoms with van der Waals surface area (Å²) in [6.07, 6.45) is 3.61. The topological polar surface area (TPSA) is 168 Å². The molecular weight excluding hydrogens is 608 g/mol. The minimum absolute atomic E-state index is 0.123. The molecule has 214 valence electrons. The minimum Gasteiger partial charge on any atom is -0.480 e. The monoisotopic (exact) mass is 632 g/mol. The lowest BCUT2D eigenvalue weighted by atomic mass is 10.0. The number of carboxylic acid groups (broad SMARTS) is 1. The van der Waals surface area contributed by atoms with Crippen LogP contribution in [0, 0.1) is 0 Å². The number of carboxylic acids is 1. The molecule has 0 unspecified atom stereocenters. The highest BCUT2D eigenvalue weighted by Gasteiger charge is 2.26. The first kappa shape index (κ1) is 28.5. The number of rotatable bonds is 10. The lowest BCUT2D eigenvalue weighted by Gasteiger charge is -2.14. The van der Waals surface area contributed by atoms with Crippen molar-refractivity contribution < 1.29 is 29.0 Å². The Morgan fingerprint density at radius 3 is 2.45 bits per heavy atom. The van der Waals surface area contributed by atoms with Gasteiger partial charge in [-0.15, -0.1) is 0 Å². The number of ether oxygens (including phenoxy) is 1. The van der Waals surface area contributed by atoms with E-state index in [1.807, 2.05) is 54.0 Å². The fraction of sp³-hybridized carbons (Fsp3) is 0.172. The summed E-state index contributed by atoms with van der Waals surface area (Å²) in [6.45, 7) is 1.20. The van der Waals surface area contributed by atoms with Crippen molar-refractivity contribution in [3.63, 3.8) is 0 Å². The summed E-state index contributed by atoms with van der Waals surface area (Å²) < 4.78 is 7.65. The maximum absolute atomic E-state index is 13.2. The SMILES string of the molecule is CCc1ccc2[nH]cnc2c1C(=O)NCC(=O)Oc1c(Br)cc2c(ncn2Cc2ccccc2)c1C(=O)NCC(=O)O. The third-order valence-electron chi connectivity index (χ3n) is 6.54. The smallest absolute Gasteiger partial charge is 0.330 e. The highest BCUT2D eigenvalue weighted by Crippen LogP contribution is 2.36. The van der Waals surface area contributed by atoms with Crippen LogP contribution in [0.5, 0.6) is 5.75 Å². The molecule has 0 saturated heterocycles. The summed E-state index contributed by atoms with van der Waals surface area (Å²) in [5.41, 5.74) is 3.91. The van der Waals surface area contributed by atoms with Gasteiger partial charge in [-0.1, -0.05) is 43.3 Å². The number of carbonyl (C=O) groups is 4. The van der Waals surface area contributed by atoms with Crippen LogP contribution < -0.4 is 15.4 Å². The van der Waals surface area contributed by atoms with Gasteiger partial charge < -0.3 is 30.0 Å². The van der Waals surface area contributed by atoms with Crippen LogP contribution in [0.4, 0.5) is 0 Å². The van der Waals surface area contributed by atoms with E-state index < -0.39 is 36.8 Å². The zero-order chi connectivity index (χ0) is 29.8. The average Bonchev–Trinajstić information content (AvgIpc) is 3.62. The van der Waals surface area contributed by atoms with Crippen molar-refractivity contribution in [3.8, 4) is 5.75 Å². The van der Waals surface area contributed by atoms with Crippen LogP contribution in [-0.4, -0.2) is 61.5 Å². The fourth-order valence-electron chi connectivity index (χ4n) is 4.60. The van der Waals surface area contributed by atoms with Crippen LogP contribution in [0.25, 0.3) is 22.1 Å². The largest absolute Gasteiger partial charge is 0.480 e. The van der Waals surface area contributed by atoms with E-state index in [2.05, 4.69) is 41.5 Å². The van der Waals surface area contributed by atoms with Crippen LogP contribution >= 0.6 is 15.9 Å². The predicted octanol–water partition coefficient (Wildman–Crippen LogP) is 3.44. The molecule has 0 spiro atoms. The van der Waals surface area contributed by atoms with Crippen LogP contribution in [0.15, 0.2) is 65.7 Å². The van der Waals surface area contributed by atoms with Crippen LogP contribution in [0.2, 0.25) is 0 Å². The van der Waals surface area contributed by atoms with Gasteiger partial charge in [0.05, 0.1) is 33.7 Å². The number of nitrogens with one attached hydrogen (secondary N) is 3. The van der Waals surface area contributed by atoms with Gasteiger partial charge in [-0.2, -0.15) is 0 Å². The maximum atomic E-state index is 13.2. The van der Waals surface area contributed by atoms with Gasteiger partial charge in [0.25, 0.3) is 11.8 Å². The Morgan fingerprint density at radius 1 is 0.976 bits per heavy atom. The van der Waals surface area contributed by atoms with Gasteiger partial charge >= 0.3 is 11.9 Å². The summed E-state index contributed by atoms with van der Waals surface area (Å²) in [6, 6.07) is 14.9. The molecule has 13 heteroatoms. The Kier molecular flexibility index (Phi) is 8.29. The molecule has 2 heterocycles. The Morgan fingerprint density at radius 2 is 1.71 bits per heavy atom. The lowest BCUT2D eigenvalue weighted by Crippen LogP contribution is -2.34. The molecule has 0 aliphatic rings. The number of esters is 1. The summed E-state index contributed by atoms with van der Waals surface area (Å²) >= 11 is 3.39. The van der Waals surface area contributed by atoms with Crippen LogP contribution in [0.1, 0.15) is 38.8 Å². The number of benzene rings is 3. The van der Waals surface area contributed by atoms with Gasteiger partial charge in [-0.05, 0) is 45.6 Å². The Balaban J connectivity index is 1.42. The van der Waals surface area contributed by atoms with E-state index in [-0.39, 0.29) is 21.3 Å². The number of carbonyl (C=O) groups excluding carboxylic acids is 3. The minimum atomic E-state index is -1.25. The van der Waals surface area contributed by atoms with Gasteiger partial charge in [0, 0.05) is 6.54 Å². The first-order valence-electron chi connectivity index (χ1n) is 12.9. The normalized spacial score (nSPS) is 11.0. The molecule has 0 aliphatic heterocycles. The number of aromatic amines is 1. The zero-order valence-electron chi connectivity index (χ0n) is 22.3. The molecule has 42 heavy (non-hydrogen) atoms. The average molecular weight is 633 g/mol. The molecule has 2 amide bonds. The second-order valence-corrected chi connectivity index (χ2v) is 10.1. The van der Waals surface area contributed by atoms with Gasteiger partial charge in [-0.25, -0.2) is 14.8 Å². The molecular formula is C29H25BrN6O6. The summed E-state index contributed by atoms with van der Waals surface area (Å²) in [7, 11) is 0. The number of aryl methyl sites for hydroxylation is 1. The number of amides is 2. The molecule has 0 bridgehead atoms. The quantitative estimate of drug-likeness (QED) is 0.134. The molecule has 0 saturated carbocycles. The number of halogens is 1. The van der Waals surface area contributed by atoms with E-state index in [1.165, 1.54) is 6.33 Å². The fourth-order valence-corrected chi connectivity index (χ4v) is 5.09. The van der Waals surface area contributed by atoms with Crippen molar-refractivity contribution in [1.29, 1.82) is 0 Å². The van der Waals surface area contributed by atoms with Crippen LogP contribution in [0.3, 0.4) is 0 Å². The molecule has 5 aromatic rings. The zero-order valence-corrected chi connectivity index (χ0v) is 23.9. The third kappa shape index (κ3) is 5.86. The molecule has 0 atom stereocenters. The number of aliphatic carboxylic acids is 1. The van der Waals surface area contributed by atoms with E-state index in [0.717, 1.165) is 11.1 Å². The molecule has 0 fully saturated rings. The number of hydrogen-bond acceptors (Lipinski definition) is 7. The van der Waals surface area contributed by atoms with E-state index in [1.54, 1.807) is 12.4 Å². The summed E-state index contributed by atoms with van der Waals surface area (Å²) in [5.74, 6) is -3.55. The first-order valence-corrected chi connectivity index (χ1v) is 13.7. The maximum Gasteiger partial charge on any atom is 0.330 e. The van der Waals surface area contributed by atoms with Crippen molar-refractivity contribution in [2.75, 3.05) is 13.1 Å². The van der Waals surface area contributed by atoms with Crippen molar-refractivity contribution in [2.45, 2.75) is 19.9 Å². The number of aromatic nitrogens is 4. The Hall–Kier alpha value is -5.04. The molecule has 0 aliphatic carbocycles. The summed E-state index contributed by atoms with van der Waals surface area (Å²) in [4.78, 5) is 62.0. The number of imidazole rings is 2. The standard InChI is InChI=1S/C29H25BrN6O6/c1-2-17-8-9-19-25(34-14-33-19)23(17)28(40)32-12-22(39)42-27-18(30)10-20-26(24(27)29(41)31-11-21(37)38)35-15-36(20)13-16-6-4-3-5-7-16/h3-10,14-15H,2,11-13H2,1H3,(H,31,41)(H,32,40)(H,33,34)(H,37,38). The lowest BCUT2D eigenvalue weighted by molar-refractivity contribution is -0.136. The van der Waals surface area contributed by atoms with E-state index in [0.29, 0.717) is 35.1 Å². The first-order chi connectivity index (χ1) is 20.3. The van der Waals surface area contributed by atoms with E-state index in [4.69, 9.17) is 9.84 Å². The second kappa shape index (κ2) is 12.2. The van der Waals surface area contributed by atoms with Gasteiger partial charge in [0.1, 0.15) is 29.7 Å². The van der Waals surface area contributed by atoms with Crippen LogP contribution in [-0.2, 0) is 22.6 Å². The number of fused-ring (bicyclic) bond motifs is 2. The van der Waals surface area contributed by atoms with Gasteiger partial charge in [0.15, 0.2) is 5.75 Å². The summed E-state index contributed by atoms with van der Waals surface area (Å²) in [5, 5.41) is 14.0. The number of H-pyrrole nitrogens is 1. The van der Waals surface area contributed by atoms with E-state index in [9.17, 15) is 19.2 Å². The molecule has 2 aromatic heterocycles. The molecule has 4 N–H and O–H groups in total.